The van der Waals surface area contributed by atoms with E-state index in [-0.39, 0.29) is 29.7 Å². The Kier molecular flexibility index (Phi) is 11.9. The van der Waals surface area contributed by atoms with E-state index < -0.39 is 28.5 Å². The van der Waals surface area contributed by atoms with Crippen molar-refractivity contribution >= 4 is 50.7 Å². The fraction of sp³-hybridized carbons (Fsp3) is 0.278. The normalized spacial score (nSPS) is 12.1. The molecule has 46 heavy (non-hydrogen) atoms. The summed E-state index contributed by atoms with van der Waals surface area (Å²) in [6.07, 6.45) is 0.234. The second-order valence-corrected chi connectivity index (χ2v) is 14.5. The lowest BCUT2D eigenvalue weighted by molar-refractivity contribution is -0.140. The Morgan fingerprint density at radius 2 is 1.39 bits per heavy atom. The second kappa shape index (κ2) is 15.6. The molecular weight excluding hydrogens is 641 g/mol. The molecule has 4 aromatic carbocycles. The van der Waals surface area contributed by atoms with Crippen LogP contribution in [0.25, 0.3) is 0 Å². The Morgan fingerprint density at radius 3 is 1.98 bits per heavy atom. The summed E-state index contributed by atoms with van der Waals surface area (Å²) in [5, 5.41) is 3.92. The summed E-state index contributed by atoms with van der Waals surface area (Å²) in [6, 6.07) is 26.6. The lowest BCUT2D eigenvalue weighted by Crippen LogP contribution is -2.53. The molecule has 2 amide bonds. The van der Waals surface area contributed by atoms with E-state index in [2.05, 4.69) is 5.32 Å². The molecule has 0 spiro atoms. The molecule has 10 heteroatoms. The highest BCUT2D eigenvalue weighted by Crippen LogP contribution is 2.28. The number of rotatable bonds is 13. The van der Waals surface area contributed by atoms with Crippen LogP contribution in [0.3, 0.4) is 0 Å². The van der Waals surface area contributed by atoms with Crippen molar-refractivity contribution < 1.29 is 18.0 Å². The summed E-state index contributed by atoms with van der Waals surface area (Å²) in [5.41, 5.74) is 3.79. The number of anilines is 1. The molecule has 0 aromatic heterocycles. The summed E-state index contributed by atoms with van der Waals surface area (Å²) in [5.74, 6) is -0.670. The Labute approximate surface area is 282 Å². The van der Waals surface area contributed by atoms with Gasteiger partial charge in [0.25, 0.3) is 10.0 Å². The quantitative estimate of drug-likeness (QED) is 0.162. The Balaban J connectivity index is 1.81. The van der Waals surface area contributed by atoms with Crippen LogP contribution >= 0.6 is 23.2 Å². The molecule has 1 N–H and O–H groups in total. The highest BCUT2D eigenvalue weighted by Gasteiger charge is 2.34. The zero-order valence-electron chi connectivity index (χ0n) is 26.4. The second-order valence-electron chi connectivity index (χ2n) is 11.7. The number of benzene rings is 4. The van der Waals surface area contributed by atoms with E-state index in [1.165, 1.54) is 29.2 Å². The van der Waals surface area contributed by atoms with Gasteiger partial charge in [0.1, 0.15) is 12.6 Å². The molecule has 4 aromatic rings. The molecule has 0 radical (unpaired) electrons. The van der Waals surface area contributed by atoms with Crippen LogP contribution in [0.4, 0.5) is 5.69 Å². The minimum atomic E-state index is -4.22. The van der Waals surface area contributed by atoms with E-state index in [4.69, 9.17) is 23.2 Å². The summed E-state index contributed by atoms with van der Waals surface area (Å²) in [7, 11) is -4.22. The number of carbonyl (C=O) groups excluding carboxylic acids is 2. The molecule has 0 aliphatic rings. The first kappa shape index (κ1) is 35.0. The predicted molar refractivity (Wildman–Crippen MR) is 186 cm³/mol. The lowest BCUT2D eigenvalue weighted by Gasteiger charge is -2.34. The predicted octanol–water partition coefficient (Wildman–Crippen LogP) is 7.22. The maximum Gasteiger partial charge on any atom is 0.264 e. The third-order valence-corrected chi connectivity index (χ3v) is 9.97. The van der Waals surface area contributed by atoms with Gasteiger partial charge in [-0.25, -0.2) is 8.42 Å². The van der Waals surface area contributed by atoms with E-state index >= 15 is 0 Å². The number of carbonyl (C=O) groups is 2. The zero-order chi connectivity index (χ0) is 33.4. The van der Waals surface area contributed by atoms with Crippen molar-refractivity contribution in [3.63, 3.8) is 0 Å². The molecular formula is C36H39Cl2N3O4S. The highest BCUT2D eigenvalue weighted by molar-refractivity contribution is 7.92. The van der Waals surface area contributed by atoms with Crippen LogP contribution in [-0.4, -0.2) is 44.3 Å². The number of aryl methyl sites for hydroxylation is 2. The molecule has 0 saturated carbocycles. The van der Waals surface area contributed by atoms with Crippen LogP contribution in [-0.2, 0) is 32.6 Å². The number of hydrogen-bond donors (Lipinski definition) is 1. The average molecular weight is 681 g/mol. The summed E-state index contributed by atoms with van der Waals surface area (Å²) in [6.45, 7) is 7.74. The third kappa shape index (κ3) is 9.12. The smallest absolute Gasteiger partial charge is 0.264 e. The summed E-state index contributed by atoms with van der Waals surface area (Å²) < 4.78 is 29.5. The van der Waals surface area contributed by atoms with Gasteiger partial charge in [-0.3, -0.25) is 13.9 Å². The van der Waals surface area contributed by atoms with Crippen molar-refractivity contribution in [2.45, 2.75) is 51.6 Å². The highest BCUT2D eigenvalue weighted by atomic mass is 35.5. The van der Waals surface area contributed by atoms with Crippen LogP contribution in [0.1, 0.15) is 36.1 Å². The van der Waals surface area contributed by atoms with Gasteiger partial charge in [-0.1, -0.05) is 85.6 Å². The number of nitrogens with zero attached hydrogens (tertiary/aromatic N) is 2. The van der Waals surface area contributed by atoms with E-state index in [0.717, 1.165) is 26.6 Å². The van der Waals surface area contributed by atoms with E-state index in [1.807, 2.05) is 64.1 Å². The standard InChI is InChI=1S/C36H39Cl2N3O4S/c1-25(2)22-39-36(43)34(21-28-8-6-5-7-9-28)40(23-29-11-13-30(37)14-12-29)35(42)24-41(32-17-10-26(3)27(4)20-32)46(44,45)33-18-15-31(38)16-19-33/h5-20,25,34H,21-24H2,1-4H3,(H,39,43)/t34-/m1/s1. The molecule has 1 atom stereocenters. The van der Waals surface area contributed by atoms with Crippen molar-refractivity contribution in [1.82, 2.24) is 10.2 Å². The average Bonchev–Trinajstić information content (AvgIpc) is 3.03. The first-order valence-electron chi connectivity index (χ1n) is 15.1. The van der Waals surface area contributed by atoms with E-state index in [0.29, 0.717) is 22.3 Å². The van der Waals surface area contributed by atoms with Crippen LogP contribution in [0.5, 0.6) is 0 Å². The monoisotopic (exact) mass is 679 g/mol. The topological polar surface area (TPSA) is 86.8 Å². The molecule has 0 heterocycles. The number of sulfonamides is 1. The molecule has 0 bridgehead atoms. The molecule has 0 aliphatic carbocycles. The molecule has 0 unspecified atom stereocenters. The molecule has 242 valence electrons. The van der Waals surface area contributed by atoms with Gasteiger partial charge in [0.2, 0.25) is 11.8 Å². The first-order valence-corrected chi connectivity index (χ1v) is 17.3. The molecule has 4 rings (SSSR count). The van der Waals surface area contributed by atoms with Gasteiger partial charge in [0.05, 0.1) is 10.6 Å². The molecule has 7 nitrogen and oxygen atoms in total. The lowest BCUT2D eigenvalue weighted by atomic mass is 10.0. The van der Waals surface area contributed by atoms with Crippen molar-refractivity contribution in [3.05, 3.63) is 129 Å². The van der Waals surface area contributed by atoms with Gasteiger partial charge in [0, 0.05) is 29.6 Å². The minimum absolute atomic E-state index is 0.0114. The largest absolute Gasteiger partial charge is 0.354 e. The molecule has 0 fully saturated rings. The van der Waals surface area contributed by atoms with Gasteiger partial charge >= 0.3 is 0 Å². The fourth-order valence-electron chi connectivity index (χ4n) is 4.91. The zero-order valence-corrected chi connectivity index (χ0v) is 28.7. The maximum absolute atomic E-state index is 14.5. The van der Waals surface area contributed by atoms with Crippen LogP contribution in [0.2, 0.25) is 10.0 Å². The van der Waals surface area contributed by atoms with Crippen molar-refractivity contribution in [3.8, 4) is 0 Å². The Morgan fingerprint density at radius 1 is 0.783 bits per heavy atom. The number of amides is 2. The molecule has 0 saturated heterocycles. The van der Waals surface area contributed by atoms with Crippen molar-refractivity contribution in [2.75, 3.05) is 17.4 Å². The van der Waals surface area contributed by atoms with Gasteiger partial charge in [-0.2, -0.15) is 0 Å². The number of nitrogens with one attached hydrogen (secondary N) is 1. The van der Waals surface area contributed by atoms with Crippen molar-refractivity contribution in [1.29, 1.82) is 0 Å². The first-order chi connectivity index (χ1) is 21.8. The van der Waals surface area contributed by atoms with Crippen LogP contribution in [0.15, 0.2) is 102 Å². The van der Waals surface area contributed by atoms with Gasteiger partial charge < -0.3 is 10.2 Å². The van der Waals surface area contributed by atoms with E-state index in [9.17, 15) is 18.0 Å². The SMILES string of the molecule is Cc1ccc(N(CC(=O)N(Cc2ccc(Cl)cc2)[C@H](Cc2ccccc2)C(=O)NCC(C)C)S(=O)(=O)c2ccc(Cl)cc2)cc1C. The van der Waals surface area contributed by atoms with Gasteiger partial charge in [-0.15, -0.1) is 0 Å². The van der Waals surface area contributed by atoms with Gasteiger partial charge in [0.15, 0.2) is 0 Å². The van der Waals surface area contributed by atoms with E-state index in [1.54, 1.807) is 36.4 Å². The molecule has 0 aliphatic heterocycles. The van der Waals surface area contributed by atoms with Gasteiger partial charge in [-0.05, 0) is 90.6 Å². The summed E-state index contributed by atoms with van der Waals surface area (Å²) in [4.78, 5) is 29.9. The van der Waals surface area contributed by atoms with Crippen LogP contribution < -0.4 is 9.62 Å². The van der Waals surface area contributed by atoms with Crippen LogP contribution in [0, 0.1) is 19.8 Å². The van der Waals surface area contributed by atoms with Crippen molar-refractivity contribution in [2.24, 2.45) is 5.92 Å². The maximum atomic E-state index is 14.5. The minimum Gasteiger partial charge on any atom is -0.354 e. The fourth-order valence-corrected chi connectivity index (χ4v) is 6.56. The number of halogens is 2. The Hall–Kier alpha value is -3.85. The third-order valence-electron chi connectivity index (χ3n) is 7.68. The summed E-state index contributed by atoms with van der Waals surface area (Å²) >= 11 is 12.2. The number of hydrogen-bond acceptors (Lipinski definition) is 4. The Bertz CT molecular complexity index is 1750.